The van der Waals surface area contributed by atoms with Gasteiger partial charge in [0.2, 0.25) is 0 Å². The highest BCUT2D eigenvalue weighted by Gasteiger charge is 2.34. The molecule has 0 aliphatic carbocycles. The molecule has 1 aromatic rings. The molecule has 3 saturated heterocycles. The number of rotatable bonds is 2. The van der Waals surface area contributed by atoms with Gasteiger partial charge < -0.3 is 15.5 Å². The highest BCUT2D eigenvalue weighted by atomic mass is 35.5. The van der Waals surface area contributed by atoms with Crippen LogP contribution < -0.4 is 10.6 Å². The summed E-state index contributed by atoms with van der Waals surface area (Å²) in [4.78, 5) is 14.5. The SMILES string of the molecule is O=C(Nc1ccc(Cl)cc1Cl)NC1CN2CCC1CC2. The molecule has 1 unspecified atom stereocenters. The molecule has 3 fully saturated rings. The fraction of sp³-hybridized carbons (Fsp3) is 0.500. The molecule has 0 saturated carbocycles. The zero-order valence-corrected chi connectivity index (χ0v) is 12.5. The van der Waals surface area contributed by atoms with Crippen molar-refractivity contribution >= 4 is 34.9 Å². The summed E-state index contributed by atoms with van der Waals surface area (Å²) in [5.41, 5.74) is 0.579. The number of hydrogen-bond acceptors (Lipinski definition) is 2. The average molecular weight is 314 g/mol. The monoisotopic (exact) mass is 313 g/mol. The molecular formula is C14H17Cl2N3O. The first-order valence-corrected chi connectivity index (χ1v) is 7.62. The van der Waals surface area contributed by atoms with Gasteiger partial charge in [-0.05, 0) is 50.0 Å². The van der Waals surface area contributed by atoms with Crippen LogP contribution in [-0.2, 0) is 0 Å². The molecular weight excluding hydrogens is 297 g/mol. The van der Waals surface area contributed by atoms with E-state index >= 15 is 0 Å². The summed E-state index contributed by atoms with van der Waals surface area (Å²) in [6.45, 7) is 3.27. The van der Waals surface area contributed by atoms with E-state index in [1.54, 1.807) is 18.2 Å². The number of amides is 2. The first kappa shape index (κ1) is 14.0. The first-order chi connectivity index (χ1) is 9.61. The molecule has 2 bridgehead atoms. The minimum absolute atomic E-state index is 0.201. The quantitative estimate of drug-likeness (QED) is 0.880. The molecule has 4 nitrogen and oxygen atoms in total. The van der Waals surface area contributed by atoms with Gasteiger partial charge in [-0.3, -0.25) is 0 Å². The Morgan fingerprint density at radius 1 is 1.25 bits per heavy atom. The summed E-state index contributed by atoms with van der Waals surface area (Å²) < 4.78 is 0. The second kappa shape index (κ2) is 5.80. The fourth-order valence-corrected chi connectivity index (χ4v) is 3.50. The lowest BCUT2D eigenvalue weighted by atomic mass is 9.84. The Kier molecular flexibility index (Phi) is 4.06. The van der Waals surface area contributed by atoms with Crippen LogP contribution in [0.2, 0.25) is 10.0 Å². The highest BCUT2D eigenvalue weighted by molar-refractivity contribution is 6.36. The van der Waals surface area contributed by atoms with E-state index in [1.165, 1.54) is 12.8 Å². The van der Waals surface area contributed by atoms with E-state index in [2.05, 4.69) is 15.5 Å². The zero-order chi connectivity index (χ0) is 14.1. The number of hydrogen-bond donors (Lipinski definition) is 2. The Morgan fingerprint density at radius 3 is 2.60 bits per heavy atom. The van der Waals surface area contributed by atoms with E-state index in [4.69, 9.17) is 23.2 Å². The van der Waals surface area contributed by atoms with E-state index < -0.39 is 0 Å². The lowest BCUT2D eigenvalue weighted by Gasteiger charge is -2.44. The van der Waals surface area contributed by atoms with Crippen molar-refractivity contribution in [1.82, 2.24) is 10.2 Å². The van der Waals surface area contributed by atoms with Gasteiger partial charge in [-0.15, -0.1) is 0 Å². The minimum atomic E-state index is -0.201. The van der Waals surface area contributed by atoms with Gasteiger partial charge in [0.05, 0.1) is 10.7 Å². The van der Waals surface area contributed by atoms with E-state index in [0.717, 1.165) is 19.6 Å². The second-order valence-electron chi connectivity index (χ2n) is 5.47. The molecule has 4 rings (SSSR count). The summed E-state index contributed by atoms with van der Waals surface area (Å²) in [6, 6.07) is 5.07. The lowest BCUT2D eigenvalue weighted by molar-refractivity contribution is 0.0777. The van der Waals surface area contributed by atoms with Crippen LogP contribution >= 0.6 is 23.2 Å². The van der Waals surface area contributed by atoms with Gasteiger partial charge in [0, 0.05) is 17.6 Å². The van der Waals surface area contributed by atoms with E-state index in [-0.39, 0.29) is 12.1 Å². The molecule has 1 aromatic carbocycles. The van der Waals surface area contributed by atoms with E-state index in [1.807, 2.05) is 0 Å². The molecule has 6 heteroatoms. The highest BCUT2D eigenvalue weighted by Crippen LogP contribution is 2.28. The number of halogens is 2. The second-order valence-corrected chi connectivity index (χ2v) is 6.31. The van der Waals surface area contributed by atoms with Crippen LogP contribution in [0.5, 0.6) is 0 Å². The van der Waals surface area contributed by atoms with Crippen LogP contribution in [0.25, 0.3) is 0 Å². The number of nitrogens with zero attached hydrogens (tertiary/aromatic N) is 1. The van der Waals surface area contributed by atoms with Crippen molar-refractivity contribution in [1.29, 1.82) is 0 Å². The van der Waals surface area contributed by atoms with Crippen LogP contribution in [-0.4, -0.2) is 36.6 Å². The number of carbonyl (C=O) groups is 1. The third-order valence-electron chi connectivity index (χ3n) is 4.15. The average Bonchev–Trinajstić information content (AvgIpc) is 2.43. The summed E-state index contributed by atoms with van der Waals surface area (Å²) in [7, 11) is 0. The Bertz CT molecular complexity index is 515. The van der Waals surface area contributed by atoms with E-state index in [9.17, 15) is 4.79 Å². The number of piperidine rings is 3. The van der Waals surface area contributed by atoms with Crippen LogP contribution in [0.4, 0.5) is 10.5 Å². The van der Waals surface area contributed by atoms with Crippen molar-refractivity contribution in [2.24, 2.45) is 5.92 Å². The van der Waals surface area contributed by atoms with Crippen LogP contribution in [0.3, 0.4) is 0 Å². The van der Waals surface area contributed by atoms with Crippen LogP contribution in [0.15, 0.2) is 18.2 Å². The maximum Gasteiger partial charge on any atom is 0.319 e. The van der Waals surface area contributed by atoms with Crippen LogP contribution in [0.1, 0.15) is 12.8 Å². The summed E-state index contributed by atoms with van der Waals surface area (Å²) in [5.74, 6) is 0.603. The largest absolute Gasteiger partial charge is 0.334 e. The molecule has 3 aliphatic rings. The number of fused-ring (bicyclic) bond motifs is 3. The molecule has 3 aliphatic heterocycles. The summed E-state index contributed by atoms with van der Waals surface area (Å²) >= 11 is 11.9. The predicted molar refractivity (Wildman–Crippen MR) is 81.6 cm³/mol. The van der Waals surface area contributed by atoms with Gasteiger partial charge in [-0.1, -0.05) is 23.2 Å². The number of benzene rings is 1. The zero-order valence-electron chi connectivity index (χ0n) is 11.0. The molecule has 0 aromatic heterocycles. The third-order valence-corrected chi connectivity index (χ3v) is 4.70. The Morgan fingerprint density at radius 2 is 2.00 bits per heavy atom. The van der Waals surface area contributed by atoms with Crippen molar-refractivity contribution in [3.05, 3.63) is 28.2 Å². The van der Waals surface area contributed by atoms with Gasteiger partial charge in [0.15, 0.2) is 0 Å². The van der Waals surface area contributed by atoms with Crippen molar-refractivity contribution in [3.63, 3.8) is 0 Å². The first-order valence-electron chi connectivity index (χ1n) is 6.87. The van der Waals surface area contributed by atoms with Gasteiger partial charge in [0.25, 0.3) is 0 Å². The van der Waals surface area contributed by atoms with Gasteiger partial charge >= 0.3 is 6.03 Å². The number of anilines is 1. The van der Waals surface area contributed by atoms with Gasteiger partial charge in [-0.25, -0.2) is 4.79 Å². The molecule has 3 heterocycles. The van der Waals surface area contributed by atoms with Gasteiger partial charge in [0.1, 0.15) is 0 Å². The molecule has 0 radical (unpaired) electrons. The molecule has 2 amide bonds. The molecule has 0 spiro atoms. The Balaban J connectivity index is 1.59. The molecule has 20 heavy (non-hydrogen) atoms. The number of carbonyl (C=O) groups excluding carboxylic acids is 1. The topological polar surface area (TPSA) is 44.4 Å². The van der Waals surface area contributed by atoms with Gasteiger partial charge in [-0.2, -0.15) is 0 Å². The number of urea groups is 1. The standard InChI is InChI=1S/C14H17Cl2N3O/c15-10-1-2-12(11(16)7-10)17-14(20)18-13-8-19-5-3-9(13)4-6-19/h1-2,7,9,13H,3-6,8H2,(H2,17,18,20). The van der Waals surface area contributed by atoms with Crippen LogP contribution in [0, 0.1) is 5.92 Å². The third kappa shape index (κ3) is 3.03. The van der Waals surface area contributed by atoms with Crippen molar-refractivity contribution in [2.45, 2.75) is 18.9 Å². The minimum Gasteiger partial charge on any atom is -0.334 e. The predicted octanol–water partition coefficient (Wildman–Crippen LogP) is 3.21. The lowest BCUT2D eigenvalue weighted by Crippen LogP contribution is -2.57. The Labute approximate surface area is 128 Å². The number of nitrogens with one attached hydrogen (secondary N) is 2. The normalized spacial score (nSPS) is 28.2. The van der Waals surface area contributed by atoms with Crippen molar-refractivity contribution in [3.8, 4) is 0 Å². The van der Waals surface area contributed by atoms with E-state index in [0.29, 0.717) is 21.7 Å². The smallest absolute Gasteiger partial charge is 0.319 e. The van der Waals surface area contributed by atoms with Crippen molar-refractivity contribution in [2.75, 3.05) is 25.0 Å². The molecule has 108 valence electrons. The maximum atomic E-state index is 12.1. The summed E-state index contributed by atoms with van der Waals surface area (Å²) in [6.07, 6.45) is 2.35. The maximum absolute atomic E-state index is 12.1. The van der Waals surface area contributed by atoms with Crippen molar-refractivity contribution < 1.29 is 4.79 Å². The fourth-order valence-electron chi connectivity index (χ4n) is 3.05. The summed E-state index contributed by atoms with van der Waals surface area (Å²) in [5, 5.41) is 6.84. The molecule has 1 atom stereocenters. The Hall–Kier alpha value is -0.970. The molecule has 2 N–H and O–H groups in total.